The van der Waals surface area contributed by atoms with Gasteiger partial charge in [-0.3, -0.25) is 4.79 Å². The molecule has 21 heavy (non-hydrogen) atoms. The lowest BCUT2D eigenvalue weighted by molar-refractivity contribution is -0.117. The summed E-state index contributed by atoms with van der Waals surface area (Å²) < 4.78 is 0. The van der Waals surface area contributed by atoms with E-state index in [1.165, 1.54) is 27.6 Å². The number of amides is 1. The predicted octanol–water partition coefficient (Wildman–Crippen LogP) is 3.81. The van der Waals surface area contributed by atoms with Crippen LogP contribution < -0.4 is 5.32 Å². The van der Waals surface area contributed by atoms with Crippen LogP contribution >= 0.6 is 11.3 Å². The number of fused-ring (bicyclic) bond motifs is 1. The fourth-order valence-electron chi connectivity index (χ4n) is 3.19. The van der Waals surface area contributed by atoms with Gasteiger partial charge in [0.2, 0.25) is 5.91 Å². The van der Waals surface area contributed by atoms with E-state index in [0.29, 0.717) is 5.92 Å². The van der Waals surface area contributed by atoms with Crippen LogP contribution in [0.3, 0.4) is 0 Å². The Morgan fingerprint density at radius 3 is 2.90 bits per heavy atom. The molecule has 1 N–H and O–H groups in total. The van der Waals surface area contributed by atoms with E-state index in [1.54, 1.807) is 11.3 Å². The van der Waals surface area contributed by atoms with Crippen LogP contribution in [0.15, 0.2) is 48.4 Å². The Morgan fingerprint density at radius 2 is 2.14 bits per heavy atom. The summed E-state index contributed by atoms with van der Waals surface area (Å²) in [5.74, 6) is 0.292. The van der Waals surface area contributed by atoms with Crippen molar-refractivity contribution in [2.45, 2.75) is 31.7 Å². The molecule has 1 aliphatic rings. The molecule has 2 unspecified atom stereocenters. The third-order valence-electron chi connectivity index (χ3n) is 4.20. The SMILES string of the molecule is C=CC(=O)NC1Cc2sccc2C(c2ccccc2C)C1. The molecule has 0 radical (unpaired) electrons. The molecule has 3 heteroatoms. The summed E-state index contributed by atoms with van der Waals surface area (Å²) in [4.78, 5) is 13.0. The molecule has 2 atom stereocenters. The van der Waals surface area contributed by atoms with Crippen LogP contribution in [-0.2, 0) is 11.2 Å². The van der Waals surface area contributed by atoms with Gasteiger partial charge in [-0.25, -0.2) is 0 Å². The zero-order valence-electron chi connectivity index (χ0n) is 12.1. The molecule has 2 nitrogen and oxygen atoms in total. The van der Waals surface area contributed by atoms with Crippen molar-refractivity contribution in [1.82, 2.24) is 5.32 Å². The number of carbonyl (C=O) groups is 1. The average molecular weight is 297 g/mol. The Kier molecular flexibility index (Phi) is 3.93. The lowest BCUT2D eigenvalue weighted by Crippen LogP contribution is -2.39. The first-order valence-corrected chi connectivity index (χ1v) is 8.11. The van der Waals surface area contributed by atoms with E-state index < -0.39 is 0 Å². The predicted molar refractivity (Wildman–Crippen MR) is 87.8 cm³/mol. The first-order chi connectivity index (χ1) is 10.2. The van der Waals surface area contributed by atoms with E-state index in [1.807, 2.05) is 0 Å². The quantitative estimate of drug-likeness (QED) is 0.858. The average Bonchev–Trinajstić information content (AvgIpc) is 2.95. The highest BCUT2D eigenvalue weighted by atomic mass is 32.1. The van der Waals surface area contributed by atoms with E-state index in [-0.39, 0.29) is 11.9 Å². The lowest BCUT2D eigenvalue weighted by atomic mass is 9.79. The molecule has 1 heterocycles. The second-order valence-corrected chi connectivity index (χ2v) is 6.56. The summed E-state index contributed by atoms with van der Waals surface area (Å²) in [6.07, 6.45) is 3.23. The standard InChI is InChI=1S/C18H19NOS/c1-3-18(20)19-13-10-16(14-7-5-4-6-12(14)2)15-8-9-21-17(15)11-13/h3-9,13,16H,1,10-11H2,2H3,(H,19,20). The summed E-state index contributed by atoms with van der Waals surface area (Å²) in [7, 11) is 0. The monoisotopic (exact) mass is 297 g/mol. The van der Waals surface area contributed by atoms with Crippen LogP contribution in [0.4, 0.5) is 0 Å². The van der Waals surface area contributed by atoms with Crippen molar-refractivity contribution in [2.24, 2.45) is 0 Å². The molecule has 0 bridgehead atoms. The molecule has 2 aromatic rings. The van der Waals surface area contributed by atoms with Crippen molar-refractivity contribution < 1.29 is 4.79 Å². The Morgan fingerprint density at radius 1 is 1.33 bits per heavy atom. The van der Waals surface area contributed by atoms with E-state index in [2.05, 4.69) is 54.5 Å². The topological polar surface area (TPSA) is 29.1 Å². The van der Waals surface area contributed by atoms with Crippen LogP contribution in [0.25, 0.3) is 0 Å². The Balaban J connectivity index is 1.95. The molecular weight excluding hydrogens is 278 g/mol. The maximum atomic E-state index is 11.6. The maximum Gasteiger partial charge on any atom is 0.243 e. The highest BCUT2D eigenvalue weighted by molar-refractivity contribution is 7.10. The first kappa shape index (κ1) is 14.1. The zero-order chi connectivity index (χ0) is 14.8. The minimum absolute atomic E-state index is 0.0801. The third kappa shape index (κ3) is 2.79. The highest BCUT2D eigenvalue weighted by Crippen LogP contribution is 2.40. The zero-order valence-corrected chi connectivity index (χ0v) is 13.0. The van der Waals surface area contributed by atoms with Gasteiger partial charge in [-0.2, -0.15) is 0 Å². The van der Waals surface area contributed by atoms with Crippen LogP contribution in [-0.4, -0.2) is 11.9 Å². The van der Waals surface area contributed by atoms with E-state index >= 15 is 0 Å². The fraction of sp³-hybridized carbons (Fsp3) is 0.278. The fourth-order valence-corrected chi connectivity index (χ4v) is 4.21. The minimum Gasteiger partial charge on any atom is -0.349 e. The van der Waals surface area contributed by atoms with Gasteiger partial charge in [0.15, 0.2) is 0 Å². The number of hydrogen-bond donors (Lipinski definition) is 1. The Labute approximate surface area is 129 Å². The van der Waals surface area contributed by atoms with Crippen molar-refractivity contribution in [1.29, 1.82) is 0 Å². The van der Waals surface area contributed by atoms with Crippen molar-refractivity contribution in [3.63, 3.8) is 0 Å². The molecule has 0 saturated heterocycles. The van der Waals surface area contributed by atoms with Crippen LogP contribution in [0, 0.1) is 6.92 Å². The Bertz CT molecular complexity index is 673. The second kappa shape index (κ2) is 5.86. The second-order valence-electron chi connectivity index (χ2n) is 5.56. The molecule has 1 aromatic carbocycles. The van der Waals surface area contributed by atoms with E-state index in [4.69, 9.17) is 0 Å². The summed E-state index contributed by atoms with van der Waals surface area (Å²) in [5, 5.41) is 5.23. The van der Waals surface area contributed by atoms with Crippen LogP contribution in [0.5, 0.6) is 0 Å². The van der Waals surface area contributed by atoms with Crippen LogP contribution in [0.1, 0.15) is 33.9 Å². The number of benzene rings is 1. The van der Waals surface area contributed by atoms with E-state index in [0.717, 1.165) is 12.8 Å². The summed E-state index contributed by atoms with van der Waals surface area (Å²) >= 11 is 1.79. The van der Waals surface area contributed by atoms with Gasteiger partial charge in [0, 0.05) is 23.3 Å². The van der Waals surface area contributed by atoms with Gasteiger partial charge in [-0.15, -0.1) is 11.3 Å². The number of thiophene rings is 1. The highest BCUT2D eigenvalue weighted by Gasteiger charge is 2.30. The van der Waals surface area contributed by atoms with Crippen molar-refractivity contribution in [3.05, 3.63) is 69.9 Å². The normalized spacial score (nSPS) is 20.6. The van der Waals surface area contributed by atoms with Gasteiger partial charge < -0.3 is 5.32 Å². The largest absolute Gasteiger partial charge is 0.349 e. The molecule has 108 valence electrons. The summed E-state index contributed by atoms with van der Waals surface area (Å²) in [6, 6.07) is 11.0. The maximum absolute atomic E-state index is 11.6. The number of rotatable bonds is 3. The summed E-state index contributed by atoms with van der Waals surface area (Å²) in [5.41, 5.74) is 4.11. The number of carbonyl (C=O) groups excluding carboxylic acids is 1. The number of hydrogen-bond acceptors (Lipinski definition) is 2. The Hall–Kier alpha value is -1.87. The number of aryl methyl sites for hydroxylation is 1. The molecule has 0 aliphatic heterocycles. The van der Waals surface area contributed by atoms with Gasteiger partial charge in [0.05, 0.1) is 0 Å². The first-order valence-electron chi connectivity index (χ1n) is 7.23. The van der Waals surface area contributed by atoms with Gasteiger partial charge >= 0.3 is 0 Å². The van der Waals surface area contributed by atoms with Gasteiger partial charge in [0.25, 0.3) is 0 Å². The third-order valence-corrected chi connectivity index (χ3v) is 5.16. The van der Waals surface area contributed by atoms with Gasteiger partial charge in [-0.1, -0.05) is 30.8 Å². The molecule has 0 spiro atoms. The van der Waals surface area contributed by atoms with Gasteiger partial charge in [0.1, 0.15) is 0 Å². The van der Waals surface area contributed by atoms with Crippen LogP contribution in [0.2, 0.25) is 0 Å². The molecule has 1 amide bonds. The molecular formula is C18H19NOS. The number of nitrogens with one attached hydrogen (secondary N) is 1. The smallest absolute Gasteiger partial charge is 0.243 e. The minimum atomic E-state index is -0.0801. The van der Waals surface area contributed by atoms with Crippen molar-refractivity contribution >= 4 is 17.2 Å². The van der Waals surface area contributed by atoms with E-state index in [9.17, 15) is 4.79 Å². The molecule has 0 fully saturated rings. The van der Waals surface area contributed by atoms with Crippen molar-refractivity contribution in [3.8, 4) is 0 Å². The molecule has 0 saturated carbocycles. The molecule has 1 aliphatic carbocycles. The van der Waals surface area contributed by atoms with Crippen molar-refractivity contribution in [2.75, 3.05) is 0 Å². The molecule has 3 rings (SSSR count). The lowest BCUT2D eigenvalue weighted by Gasteiger charge is -2.31. The summed E-state index contributed by atoms with van der Waals surface area (Å²) in [6.45, 7) is 5.70. The van der Waals surface area contributed by atoms with Gasteiger partial charge in [-0.05, 0) is 47.6 Å². The molecule has 1 aromatic heterocycles.